The first kappa shape index (κ1) is 13.3. The van der Waals surface area contributed by atoms with Gasteiger partial charge in [0.2, 0.25) is 0 Å². The van der Waals surface area contributed by atoms with Gasteiger partial charge < -0.3 is 11.1 Å². The molecule has 4 heteroatoms. The molecule has 1 aromatic carbocycles. The highest BCUT2D eigenvalue weighted by atomic mass is 79.9. The van der Waals surface area contributed by atoms with E-state index >= 15 is 0 Å². The highest BCUT2D eigenvalue weighted by molar-refractivity contribution is 9.10. The molecule has 0 saturated carbocycles. The molecule has 0 aliphatic heterocycles. The average Bonchev–Trinajstić information content (AvgIpc) is 2.39. The van der Waals surface area contributed by atoms with Crippen LogP contribution in [-0.2, 0) is 0 Å². The summed E-state index contributed by atoms with van der Waals surface area (Å²) in [6.07, 6.45) is 1.83. The quantitative estimate of drug-likeness (QED) is 0.910. The summed E-state index contributed by atoms with van der Waals surface area (Å²) in [6.45, 7) is 4.94. The molecule has 2 aromatic rings. The third kappa shape index (κ3) is 2.65. The van der Waals surface area contributed by atoms with Crippen molar-refractivity contribution in [3.8, 4) is 0 Å². The van der Waals surface area contributed by atoms with Gasteiger partial charge in [0.1, 0.15) is 5.82 Å². The smallest absolute Gasteiger partial charge is 0.134 e. The predicted octanol–water partition coefficient (Wildman–Crippen LogP) is 3.39. The Bertz CT molecular complexity index is 542. The molecule has 0 spiro atoms. The van der Waals surface area contributed by atoms with Gasteiger partial charge in [0.25, 0.3) is 0 Å². The number of benzene rings is 1. The SMILES string of the molecule is CC(CN)C(C)Nc1nccc2c(Br)cccc12. The van der Waals surface area contributed by atoms with E-state index in [1.165, 1.54) is 5.39 Å². The lowest BCUT2D eigenvalue weighted by Crippen LogP contribution is -2.29. The van der Waals surface area contributed by atoms with E-state index in [-0.39, 0.29) is 0 Å². The van der Waals surface area contributed by atoms with Gasteiger partial charge in [-0.15, -0.1) is 0 Å². The Morgan fingerprint density at radius 2 is 2.06 bits per heavy atom. The summed E-state index contributed by atoms with van der Waals surface area (Å²) in [4.78, 5) is 4.43. The van der Waals surface area contributed by atoms with Gasteiger partial charge in [0, 0.05) is 27.5 Å². The molecule has 0 fully saturated rings. The molecule has 0 saturated heterocycles. The molecule has 0 amide bonds. The molecular weight excluding hydrogens is 290 g/mol. The molecule has 0 radical (unpaired) electrons. The minimum atomic E-state index is 0.298. The Hall–Kier alpha value is -1.13. The van der Waals surface area contributed by atoms with Crippen LogP contribution >= 0.6 is 15.9 Å². The number of aromatic nitrogens is 1. The Kier molecular flexibility index (Phi) is 4.19. The van der Waals surface area contributed by atoms with Crippen molar-refractivity contribution in [2.75, 3.05) is 11.9 Å². The van der Waals surface area contributed by atoms with Gasteiger partial charge in [-0.25, -0.2) is 4.98 Å². The summed E-state index contributed by atoms with van der Waals surface area (Å²) in [7, 11) is 0. The third-order valence-electron chi connectivity index (χ3n) is 3.34. The molecule has 1 heterocycles. The summed E-state index contributed by atoms with van der Waals surface area (Å²) < 4.78 is 1.09. The van der Waals surface area contributed by atoms with Crippen molar-refractivity contribution in [3.05, 3.63) is 34.9 Å². The molecule has 2 atom stereocenters. The van der Waals surface area contributed by atoms with E-state index in [1.54, 1.807) is 0 Å². The van der Waals surface area contributed by atoms with E-state index in [4.69, 9.17) is 5.73 Å². The summed E-state index contributed by atoms with van der Waals surface area (Å²) in [5.41, 5.74) is 5.70. The minimum absolute atomic E-state index is 0.298. The topological polar surface area (TPSA) is 50.9 Å². The number of nitrogens with zero attached hydrogens (tertiary/aromatic N) is 1. The zero-order chi connectivity index (χ0) is 13.1. The van der Waals surface area contributed by atoms with Crippen molar-refractivity contribution in [2.45, 2.75) is 19.9 Å². The van der Waals surface area contributed by atoms with Gasteiger partial charge in [0.15, 0.2) is 0 Å². The maximum atomic E-state index is 5.70. The summed E-state index contributed by atoms with van der Waals surface area (Å²) in [5, 5.41) is 5.75. The van der Waals surface area contributed by atoms with Crippen molar-refractivity contribution in [2.24, 2.45) is 11.7 Å². The first-order chi connectivity index (χ1) is 8.63. The van der Waals surface area contributed by atoms with Crippen molar-refractivity contribution in [1.29, 1.82) is 0 Å². The van der Waals surface area contributed by atoms with Crippen LogP contribution in [0, 0.1) is 5.92 Å². The van der Waals surface area contributed by atoms with Crippen LogP contribution in [0.1, 0.15) is 13.8 Å². The van der Waals surface area contributed by atoms with E-state index in [1.807, 2.05) is 24.4 Å². The largest absolute Gasteiger partial charge is 0.367 e. The fraction of sp³-hybridized carbons (Fsp3) is 0.357. The summed E-state index contributed by atoms with van der Waals surface area (Å²) in [5.74, 6) is 1.33. The fourth-order valence-corrected chi connectivity index (χ4v) is 2.34. The number of hydrogen-bond acceptors (Lipinski definition) is 3. The Balaban J connectivity index is 2.37. The van der Waals surface area contributed by atoms with Crippen molar-refractivity contribution in [1.82, 2.24) is 4.98 Å². The molecule has 2 unspecified atom stereocenters. The Morgan fingerprint density at radius 3 is 2.78 bits per heavy atom. The molecule has 0 aliphatic carbocycles. The van der Waals surface area contributed by atoms with Gasteiger partial charge in [-0.2, -0.15) is 0 Å². The van der Waals surface area contributed by atoms with Crippen molar-refractivity contribution >= 4 is 32.5 Å². The predicted molar refractivity (Wildman–Crippen MR) is 80.7 cm³/mol. The maximum absolute atomic E-state index is 5.70. The van der Waals surface area contributed by atoms with Crippen LogP contribution in [0.2, 0.25) is 0 Å². The number of nitrogens with two attached hydrogens (primary N) is 1. The molecule has 0 bridgehead atoms. The van der Waals surface area contributed by atoms with Crippen LogP contribution in [0.4, 0.5) is 5.82 Å². The lowest BCUT2D eigenvalue weighted by molar-refractivity contribution is 0.520. The van der Waals surface area contributed by atoms with Crippen LogP contribution in [0.5, 0.6) is 0 Å². The second-order valence-electron chi connectivity index (χ2n) is 4.64. The molecule has 18 heavy (non-hydrogen) atoms. The Labute approximate surface area is 116 Å². The first-order valence-corrected chi connectivity index (χ1v) is 6.92. The highest BCUT2D eigenvalue weighted by Crippen LogP contribution is 2.28. The molecule has 1 aromatic heterocycles. The van der Waals surface area contributed by atoms with E-state index in [0.717, 1.165) is 15.7 Å². The van der Waals surface area contributed by atoms with Crippen molar-refractivity contribution in [3.63, 3.8) is 0 Å². The van der Waals surface area contributed by atoms with Crippen LogP contribution in [-0.4, -0.2) is 17.6 Å². The number of nitrogens with one attached hydrogen (secondary N) is 1. The van der Waals surface area contributed by atoms with Gasteiger partial charge in [-0.1, -0.05) is 35.0 Å². The molecule has 0 aliphatic rings. The maximum Gasteiger partial charge on any atom is 0.134 e. The molecule has 2 rings (SSSR count). The van der Waals surface area contributed by atoms with Crippen LogP contribution in [0.15, 0.2) is 34.9 Å². The van der Waals surface area contributed by atoms with E-state index in [2.05, 4.69) is 46.1 Å². The molecule has 96 valence electrons. The number of halogens is 1. The molecule has 3 nitrogen and oxygen atoms in total. The number of pyridine rings is 1. The van der Waals surface area contributed by atoms with Gasteiger partial charge in [-0.05, 0) is 31.5 Å². The van der Waals surface area contributed by atoms with Crippen molar-refractivity contribution < 1.29 is 0 Å². The lowest BCUT2D eigenvalue weighted by Gasteiger charge is -2.21. The van der Waals surface area contributed by atoms with E-state index in [9.17, 15) is 0 Å². The standard InChI is InChI=1S/C14H18BrN3/c1-9(8-16)10(2)18-14-12-4-3-5-13(15)11(12)6-7-17-14/h3-7,9-10H,8,16H2,1-2H3,(H,17,18). The van der Waals surface area contributed by atoms with Gasteiger partial charge in [-0.3, -0.25) is 0 Å². The second kappa shape index (κ2) is 5.67. The lowest BCUT2D eigenvalue weighted by atomic mass is 10.0. The number of fused-ring (bicyclic) bond motifs is 1. The summed E-state index contributed by atoms with van der Waals surface area (Å²) in [6, 6.07) is 8.46. The van der Waals surface area contributed by atoms with Gasteiger partial charge in [0.05, 0.1) is 0 Å². The molecular formula is C14H18BrN3. The minimum Gasteiger partial charge on any atom is -0.367 e. The van der Waals surface area contributed by atoms with Gasteiger partial charge >= 0.3 is 0 Å². The zero-order valence-corrected chi connectivity index (χ0v) is 12.2. The summed E-state index contributed by atoms with van der Waals surface area (Å²) >= 11 is 3.56. The van der Waals surface area contributed by atoms with Crippen LogP contribution < -0.4 is 11.1 Å². The Morgan fingerprint density at radius 1 is 1.28 bits per heavy atom. The monoisotopic (exact) mass is 307 g/mol. The average molecular weight is 308 g/mol. The van der Waals surface area contributed by atoms with Crippen LogP contribution in [0.25, 0.3) is 10.8 Å². The fourth-order valence-electron chi connectivity index (χ4n) is 1.85. The van der Waals surface area contributed by atoms with E-state index in [0.29, 0.717) is 18.5 Å². The highest BCUT2D eigenvalue weighted by Gasteiger charge is 2.12. The number of anilines is 1. The zero-order valence-electron chi connectivity index (χ0n) is 10.7. The van der Waals surface area contributed by atoms with E-state index < -0.39 is 0 Å². The number of hydrogen-bond donors (Lipinski definition) is 2. The van der Waals surface area contributed by atoms with Crippen LogP contribution in [0.3, 0.4) is 0 Å². The normalized spacial score (nSPS) is 14.4. The second-order valence-corrected chi connectivity index (χ2v) is 5.49. The number of rotatable bonds is 4. The molecule has 3 N–H and O–H groups in total. The third-order valence-corrected chi connectivity index (χ3v) is 4.03. The first-order valence-electron chi connectivity index (χ1n) is 6.13.